The summed E-state index contributed by atoms with van der Waals surface area (Å²) in [6, 6.07) is 9.12. The first-order valence-corrected chi connectivity index (χ1v) is 5.38. The third kappa shape index (κ3) is 3.24. The highest BCUT2D eigenvalue weighted by Crippen LogP contribution is 2.09. The molecule has 0 fully saturated rings. The maximum absolute atomic E-state index is 11.8. The number of hydrogen-bond donors (Lipinski definition) is 1. The quantitative estimate of drug-likeness (QED) is 0.796. The van der Waals surface area contributed by atoms with Gasteiger partial charge in [0, 0.05) is 5.69 Å². The molecule has 4 nitrogen and oxygen atoms in total. The lowest BCUT2D eigenvalue weighted by atomic mass is 10.2. The number of urea groups is 1. The number of benzene rings is 1. The molecule has 0 saturated carbocycles. The molecule has 0 bridgehead atoms. The van der Waals surface area contributed by atoms with Crippen LogP contribution in [0.5, 0.6) is 0 Å². The summed E-state index contributed by atoms with van der Waals surface area (Å²) in [5.41, 5.74) is 0.762. The van der Waals surface area contributed by atoms with Crippen LogP contribution in [0, 0.1) is 0 Å². The minimum atomic E-state index is -0.247. The topological polar surface area (TPSA) is 41.6 Å². The van der Waals surface area contributed by atoms with E-state index in [-0.39, 0.29) is 12.1 Å². The Bertz CT molecular complexity index is 327. The molecular weight excluding hydrogens is 204 g/mol. The van der Waals surface area contributed by atoms with Crippen LogP contribution in [0.15, 0.2) is 30.3 Å². The SMILES string of the molecule is CCC(C)N(OC)C(=O)Nc1ccccc1. The largest absolute Gasteiger partial charge is 0.346 e. The fraction of sp³-hybridized carbons (Fsp3) is 0.417. The van der Waals surface area contributed by atoms with E-state index < -0.39 is 0 Å². The van der Waals surface area contributed by atoms with Gasteiger partial charge in [0.25, 0.3) is 0 Å². The van der Waals surface area contributed by atoms with Gasteiger partial charge in [-0.15, -0.1) is 0 Å². The smallest absolute Gasteiger partial charge is 0.306 e. The number of hydrogen-bond acceptors (Lipinski definition) is 2. The number of rotatable bonds is 4. The molecule has 0 aliphatic heterocycles. The molecule has 4 heteroatoms. The number of carbonyl (C=O) groups is 1. The van der Waals surface area contributed by atoms with Crippen molar-refractivity contribution in [2.45, 2.75) is 26.3 Å². The van der Waals surface area contributed by atoms with Gasteiger partial charge < -0.3 is 5.32 Å². The fourth-order valence-electron chi connectivity index (χ4n) is 1.33. The van der Waals surface area contributed by atoms with E-state index in [1.165, 1.54) is 12.2 Å². The van der Waals surface area contributed by atoms with Gasteiger partial charge in [0.15, 0.2) is 0 Å². The van der Waals surface area contributed by atoms with E-state index in [0.29, 0.717) is 0 Å². The molecule has 1 aromatic rings. The third-order valence-electron chi connectivity index (χ3n) is 2.41. The van der Waals surface area contributed by atoms with Crippen LogP contribution in [0.4, 0.5) is 10.5 Å². The van der Waals surface area contributed by atoms with Gasteiger partial charge >= 0.3 is 6.03 Å². The first-order chi connectivity index (χ1) is 7.69. The predicted molar refractivity (Wildman–Crippen MR) is 64.1 cm³/mol. The Hall–Kier alpha value is -1.55. The zero-order valence-corrected chi connectivity index (χ0v) is 9.93. The minimum absolute atomic E-state index is 0.0497. The molecule has 0 aliphatic carbocycles. The van der Waals surface area contributed by atoms with Gasteiger partial charge in [-0.1, -0.05) is 25.1 Å². The molecule has 1 unspecified atom stereocenters. The first-order valence-electron chi connectivity index (χ1n) is 5.38. The molecule has 0 aromatic heterocycles. The minimum Gasteiger partial charge on any atom is -0.306 e. The van der Waals surface area contributed by atoms with Crippen LogP contribution >= 0.6 is 0 Å². The van der Waals surface area contributed by atoms with Crippen molar-refractivity contribution in [3.63, 3.8) is 0 Å². The van der Waals surface area contributed by atoms with E-state index >= 15 is 0 Å². The summed E-state index contributed by atoms with van der Waals surface area (Å²) < 4.78 is 0. The zero-order valence-electron chi connectivity index (χ0n) is 9.93. The average molecular weight is 222 g/mol. The molecule has 2 amide bonds. The molecule has 16 heavy (non-hydrogen) atoms. The van der Waals surface area contributed by atoms with Crippen LogP contribution in [-0.4, -0.2) is 24.2 Å². The Labute approximate surface area is 96.2 Å². The van der Waals surface area contributed by atoms with E-state index in [2.05, 4.69) is 5.32 Å². The zero-order chi connectivity index (χ0) is 12.0. The van der Waals surface area contributed by atoms with Gasteiger partial charge in [-0.3, -0.25) is 4.84 Å². The summed E-state index contributed by atoms with van der Waals surface area (Å²) in [6.45, 7) is 3.94. The van der Waals surface area contributed by atoms with E-state index in [4.69, 9.17) is 4.84 Å². The molecule has 1 atom stereocenters. The van der Waals surface area contributed by atoms with Crippen molar-refractivity contribution < 1.29 is 9.63 Å². The number of carbonyl (C=O) groups excluding carboxylic acids is 1. The number of hydroxylamine groups is 2. The highest BCUT2D eigenvalue weighted by Gasteiger charge is 2.18. The van der Waals surface area contributed by atoms with Crippen LogP contribution in [-0.2, 0) is 4.84 Å². The van der Waals surface area contributed by atoms with E-state index in [1.807, 2.05) is 44.2 Å². The molecule has 1 N–H and O–H groups in total. The van der Waals surface area contributed by atoms with E-state index in [1.54, 1.807) is 0 Å². The summed E-state index contributed by atoms with van der Waals surface area (Å²) in [5, 5.41) is 4.11. The predicted octanol–water partition coefficient (Wildman–Crippen LogP) is 2.88. The Morgan fingerprint density at radius 3 is 2.56 bits per heavy atom. The van der Waals surface area contributed by atoms with Crippen molar-refractivity contribution in [1.29, 1.82) is 0 Å². The van der Waals surface area contributed by atoms with Gasteiger partial charge in [-0.05, 0) is 25.5 Å². The third-order valence-corrected chi connectivity index (χ3v) is 2.41. The first kappa shape index (κ1) is 12.5. The highest BCUT2D eigenvalue weighted by molar-refractivity contribution is 5.88. The Morgan fingerprint density at radius 1 is 1.44 bits per heavy atom. The van der Waals surface area contributed by atoms with E-state index in [0.717, 1.165) is 12.1 Å². The lowest BCUT2D eigenvalue weighted by Crippen LogP contribution is -2.40. The molecule has 0 spiro atoms. The van der Waals surface area contributed by atoms with Crippen molar-refractivity contribution in [2.24, 2.45) is 0 Å². The second-order valence-electron chi connectivity index (χ2n) is 3.56. The van der Waals surface area contributed by atoms with Crippen molar-refractivity contribution in [2.75, 3.05) is 12.4 Å². The Balaban J connectivity index is 2.63. The normalized spacial score (nSPS) is 11.9. The number of nitrogens with one attached hydrogen (secondary N) is 1. The lowest BCUT2D eigenvalue weighted by molar-refractivity contribution is -0.108. The summed E-state index contributed by atoms with van der Waals surface area (Å²) in [4.78, 5) is 16.9. The molecule has 1 rings (SSSR count). The van der Waals surface area contributed by atoms with E-state index in [9.17, 15) is 4.79 Å². The van der Waals surface area contributed by atoms with Gasteiger partial charge in [0.05, 0.1) is 13.2 Å². The second-order valence-corrected chi connectivity index (χ2v) is 3.56. The Kier molecular flexibility index (Phi) is 4.79. The number of para-hydroxylation sites is 1. The summed E-state index contributed by atoms with van der Waals surface area (Å²) in [7, 11) is 1.50. The van der Waals surface area contributed by atoms with Crippen molar-refractivity contribution >= 4 is 11.7 Å². The van der Waals surface area contributed by atoms with Crippen LogP contribution in [0.2, 0.25) is 0 Å². The van der Waals surface area contributed by atoms with Crippen molar-refractivity contribution in [1.82, 2.24) is 5.06 Å². The maximum atomic E-state index is 11.8. The molecule has 0 saturated heterocycles. The average Bonchev–Trinajstić information content (AvgIpc) is 2.31. The molecule has 88 valence electrons. The molecule has 0 aliphatic rings. The number of nitrogens with zero attached hydrogens (tertiary/aromatic N) is 1. The molecule has 1 aromatic carbocycles. The van der Waals surface area contributed by atoms with Crippen LogP contribution in [0.3, 0.4) is 0 Å². The second kappa shape index (κ2) is 6.12. The molecular formula is C12H18N2O2. The van der Waals surface area contributed by atoms with Crippen LogP contribution in [0.25, 0.3) is 0 Å². The molecule has 0 radical (unpaired) electrons. The fourth-order valence-corrected chi connectivity index (χ4v) is 1.33. The Morgan fingerprint density at radius 2 is 2.06 bits per heavy atom. The highest BCUT2D eigenvalue weighted by atomic mass is 16.7. The monoisotopic (exact) mass is 222 g/mol. The van der Waals surface area contributed by atoms with Crippen LogP contribution < -0.4 is 5.32 Å². The number of amides is 2. The van der Waals surface area contributed by atoms with Gasteiger partial charge in [0.1, 0.15) is 0 Å². The lowest BCUT2D eigenvalue weighted by Gasteiger charge is -2.25. The summed E-state index contributed by atoms with van der Waals surface area (Å²) in [6.07, 6.45) is 0.843. The van der Waals surface area contributed by atoms with Crippen molar-refractivity contribution in [3.8, 4) is 0 Å². The standard InChI is InChI=1S/C12H18N2O2/c1-4-10(2)14(16-3)12(15)13-11-8-6-5-7-9-11/h5-10H,4H2,1-3H3,(H,13,15). The summed E-state index contributed by atoms with van der Waals surface area (Å²) >= 11 is 0. The van der Waals surface area contributed by atoms with Gasteiger partial charge in [-0.2, -0.15) is 0 Å². The summed E-state index contributed by atoms with van der Waals surface area (Å²) in [5.74, 6) is 0. The number of anilines is 1. The van der Waals surface area contributed by atoms with Crippen molar-refractivity contribution in [3.05, 3.63) is 30.3 Å². The van der Waals surface area contributed by atoms with Crippen LogP contribution in [0.1, 0.15) is 20.3 Å². The van der Waals surface area contributed by atoms with Gasteiger partial charge in [-0.25, -0.2) is 9.86 Å². The maximum Gasteiger partial charge on any atom is 0.346 e. The molecule has 0 heterocycles. The van der Waals surface area contributed by atoms with Gasteiger partial charge in [0.2, 0.25) is 0 Å².